The zero-order valence-electron chi connectivity index (χ0n) is 13.6. The fourth-order valence-electron chi connectivity index (χ4n) is 3.47. The lowest BCUT2D eigenvalue weighted by molar-refractivity contribution is -0.123. The van der Waals surface area contributed by atoms with Gasteiger partial charge in [0.15, 0.2) is 0 Å². The van der Waals surface area contributed by atoms with Gasteiger partial charge in [-0.05, 0) is 62.1 Å². The Balaban J connectivity index is 1.92. The Hall–Kier alpha value is -1.31. The number of ketones is 1. The molecular formula is C19H28O2. The summed E-state index contributed by atoms with van der Waals surface area (Å²) >= 11 is 0. The molecule has 1 saturated carbocycles. The molecule has 3 atom stereocenters. The number of carbonyl (C=O) groups is 1. The predicted molar refractivity (Wildman–Crippen MR) is 86.8 cm³/mol. The number of Topliss-reactive ketones (excluding diaryl/α,β-unsaturated/α-hetero) is 1. The lowest BCUT2D eigenvalue weighted by atomic mass is 9.71. The summed E-state index contributed by atoms with van der Waals surface area (Å²) in [5.74, 6) is 2.71. The Bertz CT molecular complexity index is 449. The Kier molecular flexibility index (Phi) is 5.84. The van der Waals surface area contributed by atoms with E-state index in [1.54, 1.807) is 6.92 Å². The second kappa shape index (κ2) is 7.63. The summed E-state index contributed by atoms with van der Waals surface area (Å²) in [5.41, 5.74) is 1.40. The Morgan fingerprint density at radius 3 is 2.52 bits per heavy atom. The highest BCUT2D eigenvalue weighted by Crippen LogP contribution is 2.40. The van der Waals surface area contributed by atoms with Crippen LogP contribution in [0, 0.1) is 11.8 Å². The molecule has 2 heteroatoms. The Labute approximate surface area is 128 Å². The van der Waals surface area contributed by atoms with Gasteiger partial charge in [0, 0.05) is 5.92 Å². The number of carbonyl (C=O) groups excluding carboxylic acids is 1. The van der Waals surface area contributed by atoms with Crippen molar-refractivity contribution in [2.45, 2.75) is 58.8 Å². The second-order valence-corrected chi connectivity index (χ2v) is 6.48. The molecular weight excluding hydrogens is 260 g/mol. The van der Waals surface area contributed by atoms with Crippen LogP contribution in [0.4, 0.5) is 0 Å². The topological polar surface area (TPSA) is 26.3 Å². The van der Waals surface area contributed by atoms with Gasteiger partial charge in [0.1, 0.15) is 11.5 Å². The molecule has 0 aliphatic heterocycles. The SMILES string of the molecule is CCCCOc1ccc([C@@H]2CC[C@@H](C(C)=O)[C@@H](C)C2)cc1. The number of benzene rings is 1. The first-order chi connectivity index (χ1) is 10.1. The molecule has 0 N–H and O–H groups in total. The van der Waals surface area contributed by atoms with Crippen molar-refractivity contribution >= 4 is 5.78 Å². The molecule has 0 bridgehead atoms. The van der Waals surface area contributed by atoms with Crippen molar-refractivity contribution in [1.29, 1.82) is 0 Å². The molecule has 0 heterocycles. The first kappa shape index (κ1) is 16.1. The fraction of sp³-hybridized carbons (Fsp3) is 0.632. The third-order valence-corrected chi connectivity index (χ3v) is 4.81. The van der Waals surface area contributed by atoms with Crippen LogP contribution in [0.2, 0.25) is 0 Å². The van der Waals surface area contributed by atoms with Crippen LogP contribution in [0.5, 0.6) is 5.75 Å². The van der Waals surface area contributed by atoms with E-state index in [1.807, 2.05) is 0 Å². The molecule has 0 unspecified atom stereocenters. The van der Waals surface area contributed by atoms with Gasteiger partial charge in [0.25, 0.3) is 0 Å². The molecule has 2 nitrogen and oxygen atoms in total. The van der Waals surface area contributed by atoms with Crippen LogP contribution in [0.3, 0.4) is 0 Å². The van der Waals surface area contributed by atoms with Crippen LogP contribution >= 0.6 is 0 Å². The maximum absolute atomic E-state index is 11.6. The van der Waals surface area contributed by atoms with Crippen LogP contribution in [-0.4, -0.2) is 12.4 Å². The van der Waals surface area contributed by atoms with Gasteiger partial charge in [-0.2, -0.15) is 0 Å². The normalized spacial score (nSPS) is 25.6. The summed E-state index contributed by atoms with van der Waals surface area (Å²) in [4.78, 5) is 11.6. The molecule has 1 aliphatic rings. The van der Waals surface area contributed by atoms with Crippen LogP contribution in [-0.2, 0) is 4.79 Å². The molecule has 116 valence electrons. The molecule has 0 radical (unpaired) electrons. The van der Waals surface area contributed by atoms with Gasteiger partial charge in [-0.25, -0.2) is 0 Å². The summed E-state index contributed by atoms with van der Waals surface area (Å²) in [7, 11) is 0. The minimum Gasteiger partial charge on any atom is -0.494 e. The van der Waals surface area contributed by atoms with Gasteiger partial charge >= 0.3 is 0 Å². The van der Waals surface area contributed by atoms with E-state index in [1.165, 1.54) is 5.56 Å². The van der Waals surface area contributed by atoms with Crippen molar-refractivity contribution in [1.82, 2.24) is 0 Å². The molecule has 2 rings (SSSR count). The molecule has 1 aromatic rings. The van der Waals surface area contributed by atoms with E-state index in [0.29, 0.717) is 17.6 Å². The number of hydrogen-bond acceptors (Lipinski definition) is 2. The number of unbranched alkanes of at least 4 members (excludes halogenated alkanes) is 1. The van der Waals surface area contributed by atoms with Crippen molar-refractivity contribution < 1.29 is 9.53 Å². The third kappa shape index (κ3) is 4.33. The molecule has 1 aromatic carbocycles. The Morgan fingerprint density at radius 2 is 1.95 bits per heavy atom. The lowest BCUT2D eigenvalue weighted by Gasteiger charge is -2.33. The highest BCUT2D eigenvalue weighted by Gasteiger charge is 2.30. The standard InChI is InChI=1S/C19H28O2/c1-4-5-12-21-18-9-6-16(7-10-18)17-8-11-19(15(3)20)14(2)13-17/h6-7,9-10,14,17,19H,4-5,8,11-13H2,1-3H3/t14-,17+,19+/m0/s1. The first-order valence-corrected chi connectivity index (χ1v) is 8.35. The number of hydrogen-bond donors (Lipinski definition) is 0. The quantitative estimate of drug-likeness (QED) is 0.690. The van der Waals surface area contributed by atoms with Crippen LogP contribution in [0.15, 0.2) is 24.3 Å². The minimum atomic E-state index is 0.276. The van der Waals surface area contributed by atoms with E-state index < -0.39 is 0 Å². The van der Waals surface area contributed by atoms with E-state index in [0.717, 1.165) is 44.5 Å². The van der Waals surface area contributed by atoms with Gasteiger partial charge in [-0.1, -0.05) is 32.4 Å². The molecule has 21 heavy (non-hydrogen) atoms. The van der Waals surface area contributed by atoms with E-state index in [9.17, 15) is 4.79 Å². The van der Waals surface area contributed by atoms with Crippen molar-refractivity contribution in [3.8, 4) is 5.75 Å². The fourth-order valence-corrected chi connectivity index (χ4v) is 3.47. The van der Waals surface area contributed by atoms with Gasteiger partial charge in [-0.15, -0.1) is 0 Å². The van der Waals surface area contributed by atoms with E-state index in [2.05, 4.69) is 38.1 Å². The highest BCUT2D eigenvalue weighted by molar-refractivity contribution is 5.78. The van der Waals surface area contributed by atoms with Gasteiger partial charge in [0.05, 0.1) is 6.61 Å². The number of ether oxygens (including phenoxy) is 1. The highest BCUT2D eigenvalue weighted by atomic mass is 16.5. The van der Waals surface area contributed by atoms with Gasteiger partial charge in [-0.3, -0.25) is 4.79 Å². The second-order valence-electron chi connectivity index (χ2n) is 6.48. The molecule has 0 aromatic heterocycles. The van der Waals surface area contributed by atoms with Crippen molar-refractivity contribution in [3.63, 3.8) is 0 Å². The Morgan fingerprint density at radius 1 is 1.24 bits per heavy atom. The maximum atomic E-state index is 11.6. The molecule has 1 fully saturated rings. The maximum Gasteiger partial charge on any atom is 0.133 e. The largest absolute Gasteiger partial charge is 0.494 e. The van der Waals surface area contributed by atoms with Crippen molar-refractivity contribution in [3.05, 3.63) is 29.8 Å². The first-order valence-electron chi connectivity index (χ1n) is 8.35. The molecule has 0 spiro atoms. The van der Waals surface area contributed by atoms with Crippen LogP contribution in [0.1, 0.15) is 64.4 Å². The summed E-state index contributed by atoms with van der Waals surface area (Å²) < 4.78 is 5.71. The average Bonchev–Trinajstić information content (AvgIpc) is 2.48. The third-order valence-electron chi connectivity index (χ3n) is 4.81. The number of rotatable bonds is 6. The summed E-state index contributed by atoms with van der Waals surface area (Å²) in [5, 5.41) is 0. The molecule has 1 aliphatic carbocycles. The average molecular weight is 288 g/mol. The van der Waals surface area contributed by atoms with Crippen LogP contribution < -0.4 is 4.74 Å². The summed E-state index contributed by atoms with van der Waals surface area (Å²) in [6, 6.07) is 8.58. The monoisotopic (exact) mass is 288 g/mol. The van der Waals surface area contributed by atoms with Crippen molar-refractivity contribution in [2.24, 2.45) is 11.8 Å². The van der Waals surface area contributed by atoms with E-state index in [-0.39, 0.29) is 5.92 Å². The van der Waals surface area contributed by atoms with Gasteiger partial charge < -0.3 is 4.74 Å². The lowest BCUT2D eigenvalue weighted by Crippen LogP contribution is -2.26. The zero-order valence-corrected chi connectivity index (χ0v) is 13.6. The summed E-state index contributed by atoms with van der Waals surface area (Å²) in [6.45, 7) is 6.94. The molecule has 0 amide bonds. The summed E-state index contributed by atoms with van der Waals surface area (Å²) in [6.07, 6.45) is 5.56. The minimum absolute atomic E-state index is 0.276. The van der Waals surface area contributed by atoms with E-state index >= 15 is 0 Å². The van der Waals surface area contributed by atoms with E-state index in [4.69, 9.17) is 4.74 Å². The molecule has 0 saturated heterocycles. The smallest absolute Gasteiger partial charge is 0.133 e. The van der Waals surface area contributed by atoms with Crippen molar-refractivity contribution in [2.75, 3.05) is 6.61 Å². The zero-order chi connectivity index (χ0) is 15.2. The van der Waals surface area contributed by atoms with Crippen LogP contribution in [0.25, 0.3) is 0 Å². The van der Waals surface area contributed by atoms with Gasteiger partial charge in [0.2, 0.25) is 0 Å². The predicted octanol–water partition coefficient (Wildman–Crippen LogP) is 4.97.